The molecule has 0 aliphatic heterocycles. The van der Waals surface area contributed by atoms with Gasteiger partial charge in [-0.15, -0.1) is 0 Å². The Kier molecular flexibility index (Phi) is 35.6. The van der Waals surface area contributed by atoms with E-state index in [1.165, 1.54) is 57.8 Å². The minimum absolute atomic E-state index is 0.0943. The topological polar surface area (TPSA) is 117 Å². The van der Waals surface area contributed by atoms with Crippen molar-refractivity contribution in [2.24, 2.45) is 5.73 Å². The van der Waals surface area contributed by atoms with Crippen LogP contribution < -0.4 is 5.73 Å². The zero-order valence-electron chi connectivity index (χ0n) is 30.7. The Hall–Kier alpha value is -1.54. The first kappa shape index (κ1) is 46.5. The fourth-order valence-electron chi connectivity index (χ4n) is 4.85. The van der Waals surface area contributed by atoms with Crippen LogP contribution in [0.1, 0.15) is 155 Å². The third-order valence-corrected chi connectivity index (χ3v) is 8.70. The van der Waals surface area contributed by atoms with E-state index in [1.54, 1.807) is 0 Å². The lowest BCUT2D eigenvalue weighted by Crippen LogP contribution is -2.28. The van der Waals surface area contributed by atoms with Gasteiger partial charge >= 0.3 is 13.8 Å². The second-order valence-corrected chi connectivity index (χ2v) is 13.9. The number of unbranched alkanes of at least 4 members (excludes halogenated alkanes) is 15. The molecule has 0 radical (unpaired) electrons. The van der Waals surface area contributed by atoms with Crippen molar-refractivity contribution in [2.45, 2.75) is 161 Å². The molecule has 0 fully saturated rings. The second kappa shape index (κ2) is 36.7. The van der Waals surface area contributed by atoms with Crippen LogP contribution >= 0.6 is 7.82 Å². The van der Waals surface area contributed by atoms with Crippen molar-refractivity contribution in [2.75, 3.05) is 33.0 Å². The first-order valence-electron chi connectivity index (χ1n) is 19.1. The van der Waals surface area contributed by atoms with E-state index in [2.05, 4.69) is 62.5 Å². The van der Waals surface area contributed by atoms with E-state index in [-0.39, 0.29) is 32.3 Å². The van der Waals surface area contributed by atoms with Gasteiger partial charge in [0.15, 0.2) is 0 Å². The van der Waals surface area contributed by atoms with Gasteiger partial charge in [-0.3, -0.25) is 13.8 Å². The zero-order valence-corrected chi connectivity index (χ0v) is 31.6. The molecule has 2 unspecified atom stereocenters. The van der Waals surface area contributed by atoms with Gasteiger partial charge in [0.25, 0.3) is 0 Å². The molecule has 0 saturated heterocycles. The largest absolute Gasteiger partial charge is 0.472 e. The quantitative estimate of drug-likeness (QED) is 0.0287. The Bertz CT molecular complexity index is 874. The lowest BCUT2D eigenvalue weighted by atomic mass is 10.1. The molecule has 0 amide bonds. The molecule has 0 aromatic heterocycles. The van der Waals surface area contributed by atoms with Crippen molar-refractivity contribution in [3.8, 4) is 0 Å². The van der Waals surface area contributed by atoms with Crippen LogP contribution in [0.25, 0.3) is 0 Å². The molecule has 48 heavy (non-hydrogen) atoms. The van der Waals surface area contributed by atoms with Gasteiger partial charge < -0.3 is 20.1 Å². The molecule has 0 bridgehead atoms. The van der Waals surface area contributed by atoms with E-state index < -0.39 is 13.9 Å². The number of hydrogen-bond acceptors (Lipinski definition) is 7. The molecule has 9 heteroatoms. The number of carbonyl (C=O) groups is 1. The molecule has 0 aromatic rings. The standard InChI is InChI=1S/C39H72NO7P/c1-3-5-7-9-11-13-15-17-19-21-23-25-27-29-31-34-44-36-38(37-46-48(42,43)45-35-33-40)47-39(41)32-30-28-26-24-22-20-18-16-14-12-10-8-6-4-2/h9-12,15-18,38H,3-8,13-14,19-37,40H2,1-2H3,(H,42,43)/b11-9-,12-10-,17-15-,18-16-. The van der Waals surface area contributed by atoms with Gasteiger partial charge in [-0.05, 0) is 64.2 Å². The maximum atomic E-state index is 12.5. The summed E-state index contributed by atoms with van der Waals surface area (Å²) in [5.74, 6) is -0.351. The molecule has 2 atom stereocenters. The molecular weight excluding hydrogens is 625 g/mol. The van der Waals surface area contributed by atoms with E-state index in [0.29, 0.717) is 13.0 Å². The number of allylic oxidation sites excluding steroid dienone is 8. The van der Waals surface area contributed by atoms with Crippen LogP contribution in [0, 0.1) is 0 Å². The van der Waals surface area contributed by atoms with Crippen molar-refractivity contribution in [3.05, 3.63) is 48.6 Å². The summed E-state index contributed by atoms with van der Waals surface area (Å²) < 4.78 is 33.3. The van der Waals surface area contributed by atoms with Gasteiger partial charge in [0, 0.05) is 19.6 Å². The van der Waals surface area contributed by atoms with Crippen molar-refractivity contribution in [1.82, 2.24) is 0 Å². The Morgan fingerprint density at radius 2 is 1.10 bits per heavy atom. The Balaban J connectivity index is 4.14. The second-order valence-electron chi connectivity index (χ2n) is 12.4. The minimum Gasteiger partial charge on any atom is -0.457 e. The summed E-state index contributed by atoms with van der Waals surface area (Å²) in [6.45, 7) is 4.78. The van der Waals surface area contributed by atoms with E-state index in [4.69, 9.17) is 24.3 Å². The molecule has 8 nitrogen and oxygen atoms in total. The van der Waals surface area contributed by atoms with Crippen molar-refractivity contribution in [3.63, 3.8) is 0 Å². The van der Waals surface area contributed by atoms with Crippen LogP contribution in [-0.2, 0) is 27.9 Å². The molecule has 0 saturated carbocycles. The summed E-state index contributed by atoms with van der Waals surface area (Å²) in [7, 11) is -4.28. The van der Waals surface area contributed by atoms with E-state index in [0.717, 1.165) is 77.0 Å². The first-order valence-corrected chi connectivity index (χ1v) is 20.6. The van der Waals surface area contributed by atoms with Crippen LogP contribution in [0.4, 0.5) is 0 Å². The number of esters is 1. The molecule has 280 valence electrons. The molecular formula is C39H72NO7P. The highest BCUT2D eigenvalue weighted by molar-refractivity contribution is 7.47. The van der Waals surface area contributed by atoms with Crippen LogP contribution in [0.3, 0.4) is 0 Å². The first-order chi connectivity index (χ1) is 23.4. The predicted octanol–water partition coefficient (Wildman–Crippen LogP) is 10.9. The number of rotatable bonds is 36. The number of hydrogen-bond donors (Lipinski definition) is 2. The van der Waals surface area contributed by atoms with Crippen molar-refractivity contribution >= 4 is 13.8 Å². The summed E-state index contributed by atoms with van der Waals surface area (Å²) in [5.41, 5.74) is 5.35. The smallest absolute Gasteiger partial charge is 0.457 e. The Morgan fingerprint density at radius 1 is 0.625 bits per heavy atom. The van der Waals surface area contributed by atoms with Crippen LogP contribution in [0.2, 0.25) is 0 Å². The summed E-state index contributed by atoms with van der Waals surface area (Å²) in [6, 6.07) is 0. The monoisotopic (exact) mass is 698 g/mol. The number of phosphoric ester groups is 1. The number of ether oxygens (including phenoxy) is 2. The number of phosphoric acid groups is 1. The van der Waals surface area contributed by atoms with E-state index in [9.17, 15) is 14.3 Å². The van der Waals surface area contributed by atoms with Gasteiger partial charge in [-0.1, -0.05) is 133 Å². The average Bonchev–Trinajstić information content (AvgIpc) is 3.07. The third kappa shape index (κ3) is 35.8. The fourth-order valence-corrected chi connectivity index (χ4v) is 5.62. The molecule has 0 heterocycles. The highest BCUT2D eigenvalue weighted by atomic mass is 31.2. The fraction of sp³-hybridized carbons (Fsp3) is 0.769. The molecule has 0 aliphatic carbocycles. The highest BCUT2D eigenvalue weighted by Crippen LogP contribution is 2.43. The summed E-state index contributed by atoms with van der Waals surface area (Å²) >= 11 is 0. The summed E-state index contributed by atoms with van der Waals surface area (Å²) in [6.07, 6.45) is 41.2. The molecule has 0 aliphatic rings. The highest BCUT2D eigenvalue weighted by Gasteiger charge is 2.25. The Morgan fingerprint density at radius 3 is 1.62 bits per heavy atom. The van der Waals surface area contributed by atoms with Crippen molar-refractivity contribution in [1.29, 1.82) is 0 Å². The van der Waals surface area contributed by atoms with Gasteiger partial charge in [0.1, 0.15) is 6.10 Å². The van der Waals surface area contributed by atoms with E-state index >= 15 is 0 Å². The molecule has 0 spiro atoms. The Labute approximate surface area is 294 Å². The van der Waals surface area contributed by atoms with Gasteiger partial charge in [0.2, 0.25) is 0 Å². The normalized spacial score (nSPS) is 14.2. The molecule has 0 rings (SSSR count). The summed E-state index contributed by atoms with van der Waals surface area (Å²) in [5, 5.41) is 0. The average molecular weight is 698 g/mol. The zero-order chi connectivity index (χ0) is 35.2. The SMILES string of the molecule is CCCC/C=C\C/C=C\CCCCCCCCOCC(COP(=O)(O)OCCN)OC(=O)CCCCCCC/C=C\C/C=C\CCCC. The maximum Gasteiger partial charge on any atom is 0.472 e. The molecule has 0 aromatic carbocycles. The third-order valence-electron chi connectivity index (χ3n) is 7.72. The van der Waals surface area contributed by atoms with Gasteiger partial charge in [-0.2, -0.15) is 0 Å². The number of nitrogens with two attached hydrogens (primary N) is 1. The minimum atomic E-state index is -4.28. The van der Waals surface area contributed by atoms with Crippen molar-refractivity contribution < 1.29 is 32.8 Å². The van der Waals surface area contributed by atoms with Crippen LogP contribution in [0.15, 0.2) is 48.6 Å². The van der Waals surface area contributed by atoms with Crippen LogP contribution in [-0.4, -0.2) is 49.9 Å². The lowest BCUT2D eigenvalue weighted by molar-refractivity contribution is -0.154. The van der Waals surface area contributed by atoms with Gasteiger partial charge in [-0.25, -0.2) is 4.57 Å². The lowest BCUT2D eigenvalue weighted by Gasteiger charge is -2.20. The summed E-state index contributed by atoms with van der Waals surface area (Å²) in [4.78, 5) is 22.4. The molecule has 3 N–H and O–H groups in total. The van der Waals surface area contributed by atoms with Gasteiger partial charge in [0.05, 0.1) is 19.8 Å². The van der Waals surface area contributed by atoms with Crippen LogP contribution in [0.5, 0.6) is 0 Å². The maximum absolute atomic E-state index is 12.5. The van der Waals surface area contributed by atoms with E-state index in [1.807, 2.05) is 0 Å². The predicted molar refractivity (Wildman–Crippen MR) is 201 cm³/mol. The number of carbonyl (C=O) groups excluding carboxylic acids is 1.